The highest BCUT2D eigenvalue weighted by Crippen LogP contribution is 2.28. The van der Waals surface area contributed by atoms with Crippen molar-refractivity contribution < 1.29 is 0 Å². The molecule has 0 bridgehead atoms. The molecule has 1 aliphatic carbocycles. The fraction of sp³-hybridized carbons (Fsp3) is 0.750. The molecule has 1 aromatic heterocycles. The molecule has 0 aromatic carbocycles. The highest BCUT2D eigenvalue weighted by molar-refractivity contribution is 5.06. The van der Waals surface area contributed by atoms with Gasteiger partial charge in [-0.1, -0.05) is 39.5 Å². The zero-order valence-corrected chi connectivity index (χ0v) is 12.0. The highest BCUT2D eigenvalue weighted by atomic mass is 15.0. The Morgan fingerprint density at radius 2 is 2.11 bits per heavy atom. The Kier molecular flexibility index (Phi) is 5.30. The minimum Gasteiger partial charge on any atom is -0.350 e. The van der Waals surface area contributed by atoms with E-state index in [1.54, 1.807) is 0 Å². The van der Waals surface area contributed by atoms with Crippen molar-refractivity contribution in [1.82, 2.24) is 9.88 Å². The van der Waals surface area contributed by atoms with Crippen LogP contribution >= 0.6 is 0 Å². The third kappa shape index (κ3) is 4.16. The van der Waals surface area contributed by atoms with Gasteiger partial charge in [-0.15, -0.1) is 0 Å². The summed E-state index contributed by atoms with van der Waals surface area (Å²) in [7, 11) is 0. The number of nitrogens with one attached hydrogen (secondary N) is 1. The van der Waals surface area contributed by atoms with Crippen molar-refractivity contribution in [1.29, 1.82) is 0 Å². The summed E-state index contributed by atoms with van der Waals surface area (Å²) in [4.78, 5) is 0. The fourth-order valence-corrected chi connectivity index (χ4v) is 2.94. The van der Waals surface area contributed by atoms with Crippen LogP contribution < -0.4 is 5.32 Å². The van der Waals surface area contributed by atoms with E-state index in [1.165, 1.54) is 44.3 Å². The summed E-state index contributed by atoms with van der Waals surface area (Å²) in [5, 5.41) is 3.53. The summed E-state index contributed by atoms with van der Waals surface area (Å²) in [6, 6.07) is 4.43. The minimum atomic E-state index is 0.729. The molecule has 1 N–H and O–H groups in total. The van der Waals surface area contributed by atoms with Gasteiger partial charge in [0.2, 0.25) is 0 Å². The van der Waals surface area contributed by atoms with Gasteiger partial charge < -0.3 is 9.88 Å². The molecule has 0 amide bonds. The Bertz CT molecular complexity index is 335. The SMILES string of the molecule is CC(C)CNCc1cccn1CCC1CCCC1. The first kappa shape index (κ1) is 13.7. The van der Waals surface area contributed by atoms with Gasteiger partial charge in [-0.05, 0) is 36.9 Å². The maximum absolute atomic E-state index is 3.53. The molecule has 0 aliphatic heterocycles. The predicted octanol–water partition coefficient (Wildman–Crippen LogP) is 3.81. The maximum atomic E-state index is 3.53. The van der Waals surface area contributed by atoms with Crippen molar-refractivity contribution >= 4 is 0 Å². The van der Waals surface area contributed by atoms with Crippen molar-refractivity contribution in [3.8, 4) is 0 Å². The minimum absolute atomic E-state index is 0.729. The van der Waals surface area contributed by atoms with Crippen molar-refractivity contribution in [3.05, 3.63) is 24.0 Å². The normalized spacial score (nSPS) is 16.8. The first-order chi connectivity index (χ1) is 8.75. The van der Waals surface area contributed by atoms with Crippen LogP contribution in [0.25, 0.3) is 0 Å². The van der Waals surface area contributed by atoms with Crippen molar-refractivity contribution in [2.24, 2.45) is 11.8 Å². The molecule has 0 spiro atoms. The van der Waals surface area contributed by atoms with Crippen LogP contribution in [0.4, 0.5) is 0 Å². The second-order valence-electron chi connectivity index (χ2n) is 6.16. The van der Waals surface area contributed by atoms with E-state index in [4.69, 9.17) is 0 Å². The largest absolute Gasteiger partial charge is 0.350 e. The molecule has 1 aromatic rings. The monoisotopic (exact) mass is 248 g/mol. The summed E-state index contributed by atoms with van der Waals surface area (Å²) in [5.41, 5.74) is 1.44. The number of aromatic nitrogens is 1. The summed E-state index contributed by atoms with van der Waals surface area (Å²) >= 11 is 0. The summed E-state index contributed by atoms with van der Waals surface area (Å²) in [5.74, 6) is 1.72. The van der Waals surface area contributed by atoms with E-state index >= 15 is 0 Å². The smallest absolute Gasteiger partial charge is 0.0359 e. The molecule has 102 valence electrons. The van der Waals surface area contributed by atoms with Gasteiger partial charge in [0.15, 0.2) is 0 Å². The van der Waals surface area contributed by atoms with E-state index in [0.29, 0.717) is 0 Å². The first-order valence-corrected chi connectivity index (χ1v) is 7.60. The van der Waals surface area contributed by atoms with Crippen LogP contribution in [0, 0.1) is 11.8 Å². The van der Waals surface area contributed by atoms with E-state index < -0.39 is 0 Å². The number of hydrogen-bond acceptors (Lipinski definition) is 1. The molecule has 1 heterocycles. The zero-order valence-electron chi connectivity index (χ0n) is 12.0. The van der Waals surface area contributed by atoms with E-state index in [1.807, 2.05) is 0 Å². The van der Waals surface area contributed by atoms with Gasteiger partial charge in [0.1, 0.15) is 0 Å². The number of aryl methyl sites for hydroxylation is 1. The molecule has 1 saturated carbocycles. The predicted molar refractivity (Wildman–Crippen MR) is 77.6 cm³/mol. The Balaban J connectivity index is 1.75. The van der Waals surface area contributed by atoms with Crippen LogP contribution in [0.3, 0.4) is 0 Å². The average molecular weight is 248 g/mol. The third-order valence-electron chi connectivity index (χ3n) is 4.04. The standard InChI is InChI=1S/C16H28N2/c1-14(2)12-17-13-16-8-5-10-18(16)11-9-15-6-3-4-7-15/h5,8,10,14-15,17H,3-4,6-7,9,11-13H2,1-2H3. The molecule has 0 unspecified atom stereocenters. The molecule has 0 radical (unpaired) electrons. The Labute approximate surface area is 112 Å². The molecule has 2 rings (SSSR count). The number of hydrogen-bond donors (Lipinski definition) is 1. The van der Waals surface area contributed by atoms with Gasteiger partial charge >= 0.3 is 0 Å². The van der Waals surface area contributed by atoms with Crippen LogP contribution in [-0.4, -0.2) is 11.1 Å². The molecular formula is C16H28N2. The molecule has 1 fully saturated rings. The number of rotatable bonds is 7. The lowest BCUT2D eigenvalue weighted by atomic mass is 10.0. The van der Waals surface area contributed by atoms with Gasteiger partial charge in [0, 0.05) is 25.0 Å². The molecule has 2 heteroatoms. The molecule has 18 heavy (non-hydrogen) atoms. The molecule has 1 aliphatic rings. The van der Waals surface area contributed by atoms with Crippen LogP contribution in [0.5, 0.6) is 0 Å². The molecule has 0 atom stereocenters. The average Bonchev–Trinajstić information content (AvgIpc) is 2.96. The van der Waals surface area contributed by atoms with Crippen molar-refractivity contribution in [3.63, 3.8) is 0 Å². The van der Waals surface area contributed by atoms with Gasteiger partial charge in [0.05, 0.1) is 0 Å². The van der Waals surface area contributed by atoms with E-state index in [-0.39, 0.29) is 0 Å². The lowest BCUT2D eigenvalue weighted by Gasteiger charge is -2.14. The van der Waals surface area contributed by atoms with Crippen molar-refractivity contribution in [2.45, 2.75) is 59.0 Å². The highest BCUT2D eigenvalue weighted by Gasteiger charge is 2.14. The zero-order chi connectivity index (χ0) is 12.8. The lowest BCUT2D eigenvalue weighted by Crippen LogP contribution is -2.21. The number of nitrogens with zero attached hydrogens (tertiary/aromatic N) is 1. The van der Waals surface area contributed by atoms with Crippen LogP contribution in [-0.2, 0) is 13.1 Å². The van der Waals surface area contributed by atoms with Gasteiger partial charge in [-0.2, -0.15) is 0 Å². The lowest BCUT2D eigenvalue weighted by molar-refractivity contribution is 0.448. The summed E-state index contributed by atoms with van der Waals surface area (Å²) < 4.78 is 2.44. The quantitative estimate of drug-likeness (QED) is 0.776. The maximum Gasteiger partial charge on any atom is 0.0359 e. The molecular weight excluding hydrogens is 220 g/mol. The Morgan fingerprint density at radius 1 is 1.33 bits per heavy atom. The fourth-order valence-electron chi connectivity index (χ4n) is 2.94. The molecule has 0 saturated heterocycles. The van der Waals surface area contributed by atoms with Crippen LogP contribution in [0.1, 0.15) is 51.6 Å². The second-order valence-corrected chi connectivity index (χ2v) is 6.16. The summed E-state index contributed by atoms with van der Waals surface area (Å²) in [6.07, 6.45) is 9.44. The Morgan fingerprint density at radius 3 is 2.83 bits per heavy atom. The first-order valence-electron chi connectivity index (χ1n) is 7.60. The summed E-state index contributed by atoms with van der Waals surface area (Å²) in [6.45, 7) is 7.83. The van der Waals surface area contributed by atoms with Gasteiger partial charge in [-0.3, -0.25) is 0 Å². The van der Waals surface area contributed by atoms with Gasteiger partial charge in [0.25, 0.3) is 0 Å². The van der Waals surface area contributed by atoms with Crippen LogP contribution in [0.2, 0.25) is 0 Å². The second kappa shape index (κ2) is 6.98. The van der Waals surface area contributed by atoms with E-state index in [2.05, 4.69) is 42.1 Å². The van der Waals surface area contributed by atoms with Crippen molar-refractivity contribution in [2.75, 3.05) is 6.54 Å². The van der Waals surface area contributed by atoms with Crippen LogP contribution in [0.15, 0.2) is 18.3 Å². The Hall–Kier alpha value is -0.760. The topological polar surface area (TPSA) is 17.0 Å². The third-order valence-corrected chi connectivity index (χ3v) is 4.04. The molecule has 2 nitrogen and oxygen atoms in total. The van der Waals surface area contributed by atoms with E-state index in [9.17, 15) is 0 Å². The van der Waals surface area contributed by atoms with E-state index in [0.717, 1.165) is 24.9 Å². The van der Waals surface area contributed by atoms with Gasteiger partial charge in [-0.25, -0.2) is 0 Å².